The van der Waals surface area contributed by atoms with E-state index in [1.807, 2.05) is 6.92 Å². The maximum Gasteiger partial charge on any atom is 0.253 e. The first-order chi connectivity index (χ1) is 11.4. The van der Waals surface area contributed by atoms with E-state index in [0.29, 0.717) is 19.4 Å². The number of nitrogens with zero attached hydrogens (tertiary/aromatic N) is 1. The lowest BCUT2D eigenvalue weighted by Gasteiger charge is -2.22. The highest BCUT2D eigenvalue weighted by molar-refractivity contribution is 7.91. The van der Waals surface area contributed by atoms with Gasteiger partial charge < -0.3 is 10.4 Å². The molecule has 2 aromatic rings. The van der Waals surface area contributed by atoms with Crippen LogP contribution in [-0.4, -0.2) is 36.3 Å². The van der Waals surface area contributed by atoms with Gasteiger partial charge in [0.15, 0.2) is 0 Å². The molecule has 2 heterocycles. The molecule has 24 heavy (non-hydrogen) atoms. The molecule has 1 fully saturated rings. The maximum atomic E-state index is 12.8. The number of nitrogens with one attached hydrogen (secondary N) is 1. The average Bonchev–Trinajstić information content (AvgIpc) is 3.18. The zero-order valence-corrected chi connectivity index (χ0v) is 14.7. The van der Waals surface area contributed by atoms with Crippen molar-refractivity contribution in [2.75, 3.05) is 11.9 Å². The summed E-state index contributed by atoms with van der Waals surface area (Å²) in [5.41, 5.74) is 0.277. The number of amides is 1. The molecule has 1 amide bonds. The van der Waals surface area contributed by atoms with Crippen LogP contribution < -0.4 is 5.32 Å². The number of sulfonamides is 1. The van der Waals surface area contributed by atoms with Crippen molar-refractivity contribution in [1.29, 1.82) is 0 Å². The zero-order valence-electron chi connectivity index (χ0n) is 13.1. The summed E-state index contributed by atoms with van der Waals surface area (Å²) in [6.07, 6.45) is 1.09. The molecule has 1 aromatic carbocycles. The molecule has 1 aliphatic heterocycles. The van der Waals surface area contributed by atoms with Gasteiger partial charge in [0.2, 0.25) is 5.91 Å². The highest BCUT2D eigenvalue weighted by atomic mass is 32.2. The van der Waals surface area contributed by atoms with Gasteiger partial charge in [-0.05, 0) is 44.0 Å². The molecule has 0 bridgehead atoms. The van der Waals surface area contributed by atoms with Crippen molar-refractivity contribution in [1.82, 2.24) is 4.31 Å². The maximum absolute atomic E-state index is 12.8. The van der Waals surface area contributed by atoms with E-state index in [4.69, 9.17) is 0 Å². The van der Waals surface area contributed by atoms with Gasteiger partial charge in [-0.3, -0.25) is 4.79 Å². The van der Waals surface area contributed by atoms with Gasteiger partial charge in [-0.25, -0.2) is 8.42 Å². The van der Waals surface area contributed by atoms with E-state index in [1.165, 1.54) is 21.7 Å². The first-order valence-electron chi connectivity index (χ1n) is 7.57. The van der Waals surface area contributed by atoms with E-state index in [1.54, 1.807) is 30.3 Å². The molecule has 6 nitrogen and oxygen atoms in total. The standard InChI is InChI=1S/C16H18N2O4S2/c1-11-8-9-15(23-11)24(21,22)18-10-4-6-13(18)16(20)17-12-5-2-3-7-14(12)19/h2-3,5,7-9,13,19H,4,6,10H2,1H3,(H,17,20). The van der Waals surface area contributed by atoms with Gasteiger partial charge in [0.1, 0.15) is 16.0 Å². The lowest BCUT2D eigenvalue weighted by molar-refractivity contribution is -0.119. The molecule has 3 rings (SSSR count). The van der Waals surface area contributed by atoms with E-state index in [9.17, 15) is 18.3 Å². The van der Waals surface area contributed by atoms with Crippen LogP contribution in [0.2, 0.25) is 0 Å². The van der Waals surface area contributed by atoms with Gasteiger partial charge in [-0.2, -0.15) is 4.31 Å². The Labute approximate surface area is 144 Å². The van der Waals surface area contributed by atoms with Crippen LogP contribution in [-0.2, 0) is 14.8 Å². The lowest BCUT2D eigenvalue weighted by Crippen LogP contribution is -2.42. The molecule has 0 radical (unpaired) electrons. The number of para-hydroxylation sites is 2. The zero-order chi connectivity index (χ0) is 17.3. The molecule has 0 spiro atoms. The molecule has 1 saturated heterocycles. The molecule has 1 aromatic heterocycles. The number of benzene rings is 1. The monoisotopic (exact) mass is 366 g/mol. The van der Waals surface area contributed by atoms with Crippen molar-refractivity contribution >= 4 is 33.0 Å². The van der Waals surface area contributed by atoms with Gasteiger partial charge in [0.25, 0.3) is 10.0 Å². The molecule has 128 valence electrons. The van der Waals surface area contributed by atoms with Gasteiger partial charge in [0.05, 0.1) is 5.69 Å². The van der Waals surface area contributed by atoms with E-state index in [0.717, 1.165) is 4.88 Å². The Morgan fingerprint density at radius 2 is 2.04 bits per heavy atom. The Morgan fingerprint density at radius 3 is 2.71 bits per heavy atom. The van der Waals surface area contributed by atoms with E-state index in [-0.39, 0.29) is 15.6 Å². The van der Waals surface area contributed by atoms with Crippen molar-refractivity contribution in [3.63, 3.8) is 0 Å². The average molecular weight is 366 g/mol. The van der Waals surface area contributed by atoms with Crippen molar-refractivity contribution in [3.8, 4) is 5.75 Å². The van der Waals surface area contributed by atoms with Crippen molar-refractivity contribution < 1.29 is 18.3 Å². The quantitative estimate of drug-likeness (QED) is 0.814. The highest BCUT2D eigenvalue weighted by Gasteiger charge is 2.40. The molecule has 2 N–H and O–H groups in total. The minimum Gasteiger partial charge on any atom is -0.506 e. The predicted molar refractivity (Wildman–Crippen MR) is 92.7 cm³/mol. The van der Waals surface area contributed by atoms with Crippen LogP contribution in [0.5, 0.6) is 5.75 Å². The number of aryl methyl sites for hydroxylation is 1. The number of thiophene rings is 1. The summed E-state index contributed by atoms with van der Waals surface area (Å²) >= 11 is 1.20. The number of rotatable bonds is 4. The van der Waals surface area contributed by atoms with Gasteiger partial charge >= 0.3 is 0 Å². The van der Waals surface area contributed by atoms with E-state index >= 15 is 0 Å². The number of hydrogen-bond acceptors (Lipinski definition) is 5. The van der Waals surface area contributed by atoms with Crippen LogP contribution in [0.1, 0.15) is 17.7 Å². The Kier molecular flexibility index (Phi) is 4.62. The number of carbonyl (C=O) groups is 1. The summed E-state index contributed by atoms with van der Waals surface area (Å²) in [5, 5.41) is 12.4. The smallest absolute Gasteiger partial charge is 0.253 e. The third kappa shape index (κ3) is 3.17. The molecular formula is C16H18N2O4S2. The van der Waals surface area contributed by atoms with E-state index < -0.39 is 22.0 Å². The summed E-state index contributed by atoms with van der Waals surface area (Å²) in [7, 11) is -3.69. The van der Waals surface area contributed by atoms with Crippen LogP contribution in [0.4, 0.5) is 5.69 Å². The fraction of sp³-hybridized carbons (Fsp3) is 0.312. The summed E-state index contributed by atoms with van der Waals surface area (Å²) < 4.78 is 27.1. The summed E-state index contributed by atoms with van der Waals surface area (Å²) in [6, 6.07) is 8.94. The second-order valence-corrected chi connectivity index (χ2v) is 9.05. The molecule has 0 aliphatic carbocycles. The van der Waals surface area contributed by atoms with Crippen LogP contribution >= 0.6 is 11.3 Å². The molecule has 1 aliphatic rings. The fourth-order valence-corrected chi connectivity index (χ4v) is 5.82. The first-order valence-corrected chi connectivity index (χ1v) is 9.82. The van der Waals surface area contributed by atoms with Crippen molar-refractivity contribution in [2.45, 2.75) is 30.0 Å². The normalized spacial score (nSPS) is 18.6. The molecule has 8 heteroatoms. The molecular weight excluding hydrogens is 348 g/mol. The Balaban J connectivity index is 1.83. The van der Waals surface area contributed by atoms with E-state index in [2.05, 4.69) is 5.32 Å². The van der Waals surface area contributed by atoms with Gasteiger partial charge in [-0.1, -0.05) is 12.1 Å². The minimum atomic E-state index is -3.69. The van der Waals surface area contributed by atoms with Crippen LogP contribution in [0.15, 0.2) is 40.6 Å². The number of phenolic OH excluding ortho intramolecular Hbond substituents is 1. The predicted octanol–water partition coefficient (Wildman–Crippen LogP) is 2.55. The number of phenols is 1. The minimum absolute atomic E-state index is 0.0489. The Morgan fingerprint density at radius 1 is 1.29 bits per heavy atom. The first kappa shape index (κ1) is 16.9. The Bertz CT molecular complexity index is 860. The fourth-order valence-electron chi connectivity index (χ4n) is 2.75. The lowest BCUT2D eigenvalue weighted by atomic mass is 10.2. The third-order valence-corrected chi connectivity index (χ3v) is 7.32. The van der Waals surface area contributed by atoms with Crippen molar-refractivity contribution in [2.24, 2.45) is 0 Å². The van der Waals surface area contributed by atoms with Crippen LogP contribution in [0.3, 0.4) is 0 Å². The largest absolute Gasteiger partial charge is 0.506 e. The molecule has 0 saturated carbocycles. The third-order valence-electron chi connectivity index (χ3n) is 3.95. The number of aromatic hydroxyl groups is 1. The van der Waals surface area contributed by atoms with Gasteiger partial charge in [0, 0.05) is 11.4 Å². The molecule has 1 atom stereocenters. The Hall–Kier alpha value is -1.90. The van der Waals surface area contributed by atoms with Crippen LogP contribution in [0, 0.1) is 6.92 Å². The summed E-state index contributed by atoms with van der Waals surface area (Å²) in [4.78, 5) is 13.4. The molecule has 1 unspecified atom stereocenters. The summed E-state index contributed by atoms with van der Waals surface area (Å²) in [5.74, 6) is -0.474. The second-order valence-electron chi connectivity index (χ2n) is 5.65. The second kappa shape index (κ2) is 6.54. The number of carbonyl (C=O) groups excluding carboxylic acids is 1. The SMILES string of the molecule is Cc1ccc(S(=O)(=O)N2CCCC2C(=O)Nc2ccccc2O)s1. The topological polar surface area (TPSA) is 86.7 Å². The number of hydrogen-bond donors (Lipinski definition) is 2. The van der Waals surface area contributed by atoms with Crippen LogP contribution in [0.25, 0.3) is 0 Å². The highest BCUT2D eigenvalue weighted by Crippen LogP contribution is 2.31. The number of anilines is 1. The summed E-state index contributed by atoms with van der Waals surface area (Å²) in [6.45, 7) is 2.16. The van der Waals surface area contributed by atoms with Gasteiger partial charge in [-0.15, -0.1) is 11.3 Å². The van der Waals surface area contributed by atoms with Crippen molar-refractivity contribution in [3.05, 3.63) is 41.3 Å².